The number of hydrogen-bond acceptors (Lipinski definition) is 4. The Morgan fingerprint density at radius 2 is 2.40 bits per heavy atom. The summed E-state index contributed by atoms with van der Waals surface area (Å²) in [6.07, 6.45) is -0.506. The van der Waals surface area contributed by atoms with Crippen LogP contribution in [0.5, 0.6) is 0 Å². The fraction of sp³-hybridized carbons (Fsp3) is 0.667. The highest BCUT2D eigenvalue weighted by atomic mass is 16.5. The van der Waals surface area contributed by atoms with Gasteiger partial charge in [-0.2, -0.15) is 0 Å². The van der Waals surface area contributed by atoms with Crippen molar-refractivity contribution in [2.75, 3.05) is 13.2 Å². The van der Waals surface area contributed by atoms with E-state index in [4.69, 9.17) is 10.5 Å². The van der Waals surface area contributed by atoms with E-state index in [0.29, 0.717) is 12.9 Å². The summed E-state index contributed by atoms with van der Waals surface area (Å²) < 4.78 is 4.75. The summed E-state index contributed by atoms with van der Waals surface area (Å²) in [6.45, 7) is 1.90. The van der Waals surface area contributed by atoms with Gasteiger partial charge in [0, 0.05) is 6.61 Å². The summed E-state index contributed by atoms with van der Waals surface area (Å²) in [5, 5.41) is 0. The molecule has 0 rings (SSSR count). The predicted octanol–water partition coefficient (Wildman–Crippen LogP) is -0.882. The molecule has 0 radical (unpaired) electrons. The molecule has 0 aliphatic carbocycles. The van der Waals surface area contributed by atoms with Gasteiger partial charge in [-0.1, -0.05) is 0 Å². The van der Waals surface area contributed by atoms with Crippen LogP contribution in [-0.4, -0.2) is 31.3 Å². The minimum Gasteiger partial charge on any atom is -0.363 e. The molecule has 2 N–H and O–H groups in total. The molecule has 4 heteroatoms. The molecule has 0 aliphatic rings. The molecular formula is C6H11NO3. The van der Waals surface area contributed by atoms with Crippen LogP contribution in [0, 0.1) is 0 Å². The molecule has 0 aromatic carbocycles. The van der Waals surface area contributed by atoms with Gasteiger partial charge in [0.05, 0.1) is 6.54 Å². The van der Waals surface area contributed by atoms with Crippen LogP contribution in [0.1, 0.15) is 6.92 Å². The first kappa shape index (κ1) is 9.26. The van der Waals surface area contributed by atoms with Crippen LogP contribution in [0.25, 0.3) is 0 Å². The Labute approximate surface area is 59.3 Å². The van der Waals surface area contributed by atoms with Gasteiger partial charge < -0.3 is 10.5 Å². The maximum absolute atomic E-state index is 10.7. The third kappa shape index (κ3) is 2.70. The van der Waals surface area contributed by atoms with Crippen LogP contribution in [-0.2, 0) is 14.3 Å². The largest absolute Gasteiger partial charge is 0.363 e. The Balaban J connectivity index is 3.80. The highest BCUT2D eigenvalue weighted by molar-refractivity contribution is 5.97. The average molecular weight is 145 g/mol. The standard InChI is InChI=1S/C6H11NO3/c1-2-10-6(4-8)5(9)3-7/h4,6H,2-3,7H2,1H3. The Bertz CT molecular complexity index is 124. The van der Waals surface area contributed by atoms with Crippen LogP contribution < -0.4 is 5.73 Å². The molecule has 0 bridgehead atoms. The second-order valence-electron chi connectivity index (χ2n) is 1.68. The van der Waals surface area contributed by atoms with E-state index in [1.54, 1.807) is 6.92 Å². The van der Waals surface area contributed by atoms with Crippen LogP contribution >= 0.6 is 0 Å². The predicted molar refractivity (Wildman–Crippen MR) is 35.5 cm³/mol. The molecule has 0 aromatic heterocycles. The lowest BCUT2D eigenvalue weighted by Gasteiger charge is -2.05. The van der Waals surface area contributed by atoms with Gasteiger partial charge in [0.15, 0.2) is 18.2 Å². The molecule has 1 atom stereocenters. The van der Waals surface area contributed by atoms with Crippen molar-refractivity contribution in [2.24, 2.45) is 5.73 Å². The van der Waals surface area contributed by atoms with E-state index in [1.165, 1.54) is 0 Å². The lowest BCUT2D eigenvalue weighted by Crippen LogP contribution is -2.31. The maximum Gasteiger partial charge on any atom is 0.182 e. The minimum absolute atomic E-state index is 0.149. The van der Waals surface area contributed by atoms with Crippen LogP contribution in [0.2, 0.25) is 0 Å². The molecule has 0 heterocycles. The lowest BCUT2D eigenvalue weighted by atomic mass is 10.2. The summed E-state index contributed by atoms with van der Waals surface area (Å²) in [6, 6.07) is 0. The maximum atomic E-state index is 10.7. The summed E-state index contributed by atoms with van der Waals surface area (Å²) in [7, 11) is 0. The summed E-state index contributed by atoms with van der Waals surface area (Å²) in [4.78, 5) is 20.7. The van der Waals surface area contributed by atoms with Gasteiger partial charge in [0.25, 0.3) is 0 Å². The quantitative estimate of drug-likeness (QED) is 0.403. The van der Waals surface area contributed by atoms with Gasteiger partial charge >= 0.3 is 0 Å². The smallest absolute Gasteiger partial charge is 0.182 e. The topological polar surface area (TPSA) is 69.4 Å². The zero-order valence-corrected chi connectivity index (χ0v) is 5.87. The second kappa shape index (κ2) is 5.08. The molecule has 58 valence electrons. The normalized spacial score (nSPS) is 12.6. The Morgan fingerprint density at radius 3 is 2.70 bits per heavy atom. The van der Waals surface area contributed by atoms with Gasteiger partial charge in [-0.05, 0) is 6.92 Å². The van der Waals surface area contributed by atoms with Crippen molar-refractivity contribution in [3.05, 3.63) is 0 Å². The second-order valence-corrected chi connectivity index (χ2v) is 1.68. The Kier molecular flexibility index (Phi) is 4.70. The zero-order valence-electron chi connectivity index (χ0n) is 5.87. The third-order valence-electron chi connectivity index (χ3n) is 0.988. The fourth-order valence-corrected chi connectivity index (χ4v) is 0.504. The third-order valence-corrected chi connectivity index (χ3v) is 0.988. The molecule has 0 saturated heterocycles. The van der Waals surface area contributed by atoms with E-state index in [1.807, 2.05) is 0 Å². The van der Waals surface area contributed by atoms with Crippen LogP contribution in [0.3, 0.4) is 0 Å². The molecular weight excluding hydrogens is 134 g/mol. The van der Waals surface area contributed by atoms with Crippen molar-refractivity contribution in [3.63, 3.8) is 0 Å². The van der Waals surface area contributed by atoms with E-state index in [-0.39, 0.29) is 12.3 Å². The van der Waals surface area contributed by atoms with E-state index in [2.05, 4.69) is 0 Å². The molecule has 0 aromatic rings. The zero-order chi connectivity index (χ0) is 7.98. The summed E-state index contributed by atoms with van der Waals surface area (Å²) in [5.74, 6) is -0.378. The first-order chi connectivity index (χ1) is 4.76. The lowest BCUT2D eigenvalue weighted by molar-refractivity contribution is -0.135. The number of carbonyl (C=O) groups is 2. The number of Topliss-reactive ketones (excluding diaryl/α,β-unsaturated/α-hetero) is 1. The first-order valence-electron chi connectivity index (χ1n) is 3.06. The number of rotatable bonds is 5. The first-order valence-corrected chi connectivity index (χ1v) is 3.06. The van der Waals surface area contributed by atoms with Crippen molar-refractivity contribution in [2.45, 2.75) is 13.0 Å². The number of aldehydes is 1. The monoisotopic (exact) mass is 145 g/mol. The molecule has 0 fully saturated rings. The van der Waals surface area contributed by atoms with Gasteiger partial charge in [0.2, 0.25) is 0 Å². The number of ketones is 1. The van der Waals surface area contributed by atoms with E-state index < -0.39 is 6.10 Å². The van der Waals surface area contributed by atoms with Crippen LogP contribution in [0.4, 0.5) is 0 Å². The minimum atomic E-state index is -0.963. The molecule has 4 nitrogen and oxygen atoms in total. The van der Waals surface area contributed by atoms with Gasteiger partial charge in [-0.25, -0.2) is 0 Å². The van der Waals surface area contributed by atoms with Crippen molar-refractivity contribution < 1.29 is 14.3 Å². The van der Waals surface area contributed by atoms with Gasteiger partial charge in [-0.3, -0.25) is 9.59 Å². The molecule has 0 saturated carbocycles. The highest BCUT2D eigenvalue weighted by Gasteiger charge is 2.14. The number of carbonyl (C=O) groups excluding carboxylic acids is 2. The van der Waals surface area contributed by atoms with Gasteiger partial charge in [0.1, 0.15) is 0 Å². The number of ether oxygens (including phenoxy) is 1. The fourth-order valence-electron chi connectivity index (χ4n) is 0.504. The highest BCUT2D eigenvalue weighted by Crippen LogP contribution is 1.87. The van der Waals surface area contributed by atoms with Crippen molar-refractivity contribution in [1.82, 2.24) is 0 Å². The Hall–Kier alpha value is -0.740. The molecule has 0 amide bonds. The van der Waals surface area contributed by atoms with Gasteiger partial charge in [-0.15, -0.1) is 0 Å². The average Bonchev–Trinajstić information content (AvgIpc) is 1.99. The summed E-state index contributed by atoms with van der Waals surface area (Å²) >= 11 is 0. The molecule has 10 heavy (non-hydrogen) atoms. The Morgan fingerprint density at radius 1 is 1.80 bits per heavy atom. The molecule has 1 unspecified atom stereocenters. The SMILES string of the molecule is CCOC(C=O)C(=O)CN. The van der Waals surface area contributed by atoms with Crippen molar-refractivity contribution >= 4 is 12.1 Å². The molecule has 0 aliphatic heterocycles. The van der Waals surface area contributed by atoms with Crippen molar-refractivity contribution in [1.29, 1.82) is 0 Å². The number of nitrogens with two attached hydrogens (primary N) is 1. The van der Waals surface area contributed by atoms with E-state index in [9.17, 15) is 9.59 Å². The molecule has 0 spiro atoms. The number of hydrogen-bond donors (Lipinski definition) is 1. The summed E-state index contributed by atoms with van der Waals surface area (Å²) in [5.41, 5.74) is 4.99. The van der Waals surface area contributed by atoms with Crippen molar-refractivity contribution in [3.8, 4) is 0 Å². The van der Waals surface area contributed by atoms with Crippen LogP contribution in [0.15, 0.2) is 0 Å². The van der Waals surface area contributed by atoms with E-state index >= 15 is 0 Å². The van der Waals surface area contributed by atoms with E-state index in [0.717, 1.165) is 0 Å².